The third kappa shape index (κ3) is 1.72. The second-order valence-electron chi connectivity index (χ2n) is 4.72. The maximum Gasteiger partial charge on any atom is 0.416 e. The van der Waals surface area contributed by atoms with E-state index in [-0.39, 0.29) is 19.0 Å². The molecule has 0 amide bonds. The Labute approximate surface area is 113 Å². The first kappa shape index (κ1) is 13.3. The van der Waals surface area contributed by atoms with Crippen molar-refractivity contribution in [1.82, 2.24) is 0 Å². The monoisotopic (exact) mass is 284 g/mol. The number of Topliss-reactive ketones (excluding diaryl/α,β-unsaturated/α-hetero) is 1. The molecule has 2 aliphatic rings. The van der Waals surface area contributed by atoms with E-state index in [1.807, 2.05) is 0 Å². The number of carbonyl (C=O) groups is 1. The molecule has 1 aliphatic carbocycles. The summed E-state index contributed by atoms with van der Waals surface area (Å²) in [5.41, 5.74) is 0.318. The van der Waals surface area contributed by atoms with E-state index in [0.717, 1.165) is 12.1 Å². The molecule has 6 heteroatoms. The van der Waals surface area contributed by atoms with Gasteiger partial charge in [0, 0.05) is 11.1 Å². The fourth-order valence-corrected chi connectivity index (χ4v) is 2.60. The Balaban J connectivity index is 2.08. The summed E-state index contributed by atoms with van der Waals surface area (Å²) in [6.45, 7) is 2.07. The van der Waals surface area contributed by atoms with Crippen LogP contribution in [0.1, 0.15) is 18.1 Å². The Morgan fingerprint density at radius 2 is 1.85 bits per heavy atom. The molecule has 1 aromatic rings. The van der Waals surface area contributed by atoms with Crippen LogP contribution in [0.4, 0.5) is 13.2 Å². The molecule has 1 aromatic carbocycles. The van der Waals surface area contributed by atoms with Crippen molar-refractivity contribution >= 4 is 11.4 Å². The predicted octanol–water partition coefficient (Wildman–Crippen LogP) is 2.80. The number of ketones is 1. The third-order valence-electron chi connectivity index (χ3n) is 3.52. The van der Waals surface area contributed by atoms with Crippen LogP contribution in [0.3, 0.4) is 0 Å². The zero-order valence-electron chi connectivity index (χ0n) is 10.6. The zero-order valence-corrected chi connectivity index (χ0v) is 10.6. The summed E-state index contributed by atoms with van der Waals surface area (Å²) in [5, 5.41) is 0. The van der Waals surface area contributed by atoms with E-state index >= 15 is 0 Å². The summed E-state index contributed by atoms with van der Waals surface area (Å²) in [7, 11) is 0. The minimum absolute atomic E-state index is 0.251. The molecule has 0 unspecified atom stereocenters. The predicted molar refractivity (Wildman–Crippen MR) is 63.7 cm³/mol. The quantitative estimate of drug-likeness (QED) is 0.795. The van der Waals surface area contributed by atoms with Crippen molar-refractivity contribution < 1.29 is 27.4 Å². The average molecular weight is 284 g/mol. The summed E-state index contributed by atoms with van der Waals surface area (Å²) in [6, 6.07) is 4.83. The van der Waals surface area contributed by atoms with Gasteiger partial charge in [-0.05, 0) is 24.6 Å². The molecule has 3 rings (SSSR count). The maximum absolute atomic E-state index is 12.8. The number of benzene rings is 1. The molecular formula is C14H11F3O3. The highest BCUT2D eigenvalue weighted by Crippen LogP contribution is 2.48. The lowest BCUT2D eigenvalue weighted by Gasteiger charge is -2.38. The lowest BCUT2D eigenvalue weighted by molar-refractivity contribution is -0.162. The smallest absolute Gasteiger partial charge is 0.337 e. The van der Waals surface area contributed by atoms with Gasteiger partial charge in [-0.2, -0.15) is 13.2 Å². The Kier molecular flexibility index (Phi) is 2.78. The molecule has 1 spiro atoms. The van der Waals surface area contributed by atoms with Crippen molar-refractivity contribution in [3.63, 3.8) is 0 Å². The number of rotatable bonds is 1. The van der Waals surface area contributed by atoms with Crippen molar-refractivity contribution in [2.24, 2.45) is 0 Å². The average Bonchev–Trinajstić information content (AvgIpc) is 2.89. The summed E-state index contributed by atoms with van der Waals surface area (Å²) >= 11 is 0. The largest absolute Gasteiger partial charge is 0.416 e. The van der Waals surface area contributed by atoms with Gasteiger partial charge in [0.2, 0.25) is 5.78 Å². The highest BCUT2D eigenvalue weighted by molar-refractivity contribution is 6.23. The summed E-state index contributed by atoms with van der Waals surface area (Å²) in [6.07, 6.45) is -4.43. The molecule has 0 N–H and O–H groups in total. The normalized spacial score (nSPS) is 21.5. The molecule has 1 heterocycles. The van der Waals surface area contributed by atoms with E-state index in [1.54, 1.807) is 6.92 Å². The van der Waals surface area contributed by atoms with Gasteiger partial charge < -0.3 is 9.47 Å². The van der Waals surface area contributed by atoms with Crippen molar-refractivity contribution in [2.75, 3.05) is 13.2 Å². The number of halogens is 3. The van der Waals surface area contributed by atoms with Crippen LogP contribution in [0.15, 0.2) is 29.8 Å². The van der Waals surface area contributed by atoms with Gasteiger partial charge in [0.25, 0.3) is 5.79 Å². The van der Waals surface area contributed by atoms with Crippen molar-refractivity contribution in [3.8, 4) is 0 Å². The number of alkyl halides is 3. The van der Waals surface area contributed by atoms with Gasteiger partial charge in [0.05, 0.1) is 18.8 Å². The van der Waals surface area contributed by atoms with Crippen LogP contribution in [0.2, 0.25) is 0 Å². The van der Waals surface area contributed by atoms with E-state index < -0.39 is 17.5 Å². The van der Waals surface area contributed by atoms with Crippen LogP contribution < -0.4 is 0 Å². The van der Waals surface area contributed by atoms with Crippen LogP contribution in [-0.2, 0) is 20.4 Å². The van der Waals surface area contributed by atoms with E-state index in [0.29, 0.717) is 16.7 Å². The lowest BCUT2D eigenvalue weighted by atomic mass is 9.77. The standard InChI is InChI=1S/C14H11F3O3/c1-8-11(13(12(8)18)19-5-6-20-13)9-3-2-4-10(7-9)14(15,16)17/h2-4,7H,5-6H2,1H3. The number of hydrogen-bond donors (Lipinski definition) is 0. The number of hydrogen-bond acceptors (Lipinski definition) is 3. The molecular weight excluding hydrogens is 273 g/mol. The number of ether oxygens (including phenoxy) is 2. The fourth-order valence-electron chi connectivity index (χ4n) is 2.60. The van der Waals surface area contributed by atoms with Gasteiger partial charge in [-0.3, -0.25) is 4.79 Å². The molecule has 1 aliphatic heterocycles. The fraction of sp³-hybridized carbons (Fsp3) is 0.357. The minimum atomic E-state index is -4.43. The van der Waals surface area contributed by atoms with Gasteiger partial charge in [-0.25, -0.2) is 0 Å². The number of carbonyl (C=O) groups excluding carboxylic acids is 1. The van der Waals surface area contributed by atoms with Crippen molar-refractivity contribution in [2.45, 2.75) is 18.9 Å². The van der Waals surface area contributed by atoms with E-state index in [1.165, 1.54) is 12.1 Å². The first-order valence-electron chi connectivity index (χ1n) is 6.08. The summed E-state index contributed by atoms with van der Waals surface area (Å²) in [5.74, 6) is -1.81. The van der Waals surface area contributed by atoms with Crippen LogP contribution >= 0.6 is 0 Å². The Bertz CT molecular complexity index is 610. The molecule has 3 nitrogen and oxygen atoms in total. The molecule has 1 saturated heterocycles. The second kappa shape index (κ2) is 4.17. The Morgan fingerprint density at radius 1 is 1.20 bits per heavy atom. The third-order valence-corrected chi connectivity index (χ3v) is 3.52. The van der Waals surface area contributed by atoms with E-state index in [4.69, 9.17) is 9.47 Å². The molecule has 1 fully saturated rings. The van der Waals surface area contributed by atoms with E-state index in [9.17, 15) is 18.0 Å². The molecule has 106 valence electrons. The highest BCUT2D eigenvalue weighted by Gasteiger charge is 2.57. The summed E-state index contributed by atoms with van der Waals surface area (Å²) in [4.78, 5) is 11.9. The first-order valence-corrected chi connectivity index (χ1v) is 6.08. The van der Waals surface area contributed by atoms with Gasteiger partial charge in [0.1, 0.15) is 0 Å². The van der Waals surface area contributed by atoms with Crippen LogP contribution in [0, 0.1) is 0 Å². The minimum Gasteiger partial charge on any atom is -0.337 e. The molecule has 0 aromatic heterocycles. The molecule has 20 heavy (non-hydrogen) atoms. The van der Waals surface area contributed by atoms with Crippen LogP contribution in [0.25, 0.3) is 5.57 Å². The topological polar surface area (TPSA) is 35.5 Å². The molecule has 0 saturated carbocycles. The van der Waals surface area contributed by atoms with Gasteiger partial charge in [-0.1, -0.05) is 12.1 Å². The Hall–Kier alpha value is -1.66. The Morgan fingerprint density at radius 3 is 2.45 bits per heavy atom. The molecule has 0 bridgehead atoms. The molecule has 0 radical (unpaired) electrons. The first-order chi connectivity index (χ1) is 9.36. The molecule has 0 atom stereocenters. The van der Waals surface area contributed by atoms with Crippen LogP contribution in [0.5, 0.6) is 0 Å². The zero-order chi connectivity index (χ0) is 14.5. The second-order valence-corrected chi connectivity index (χ2v) is 4.72. The van der Waals surface area contributed by atoms with Gasteiger partial charge in [-0.15, -0.1) is 0 Å². The SMILES string of the molecule is CC1=C(c2cccc(C(F)(F)F)c2)C2(OCCO2)C1=O. The maximum atomic E-state index is 12.8. The lowest BCUT2D eigenvalue weighted by Crippen LogP contribution is -2.50. The van der Waals surface area contributed by atoms with Gasteiger partial charge in [0.15, 0.2) is 0 Å². The van der Waals surface area contributed by atoms with Gasteiger partial charge >= 0.3 is 6.18 Å². The van der Waals surface area contributed by atoms with E-state index in [2.05, 4.69) is 0 Å². The van der Waals surface area contributed by atoms with Crippen molar-refractivity contribution in [3.05, 3.63) is 41.0 Å². The van der Waals surface area contributed by atoms with Crippen molar-refractivity contribution in [1.29, 1.82) is 0 Å². The van der Waals surface area contributed by atoms with Crippen LogP contribution in [-0.4, -0.2) is 24.8 Å². The highest BCUT2D eigenvalue weighted by atomic mass is 19.4. The summed E-state index contributed by atoms with van der Waals surface area (Å²) < 4.78 is 48.9.